The summed E-state index contributed by atoms with van der Waals surface area (Å²) in [6.45, 7) is 5.44. The molecule has 1 unspecified atom stereocenters. The molecule has 0 spiro atoms. The fraction of sp³-hybridized carbons (Fsp3) is 0.533. The third-order valence-corrected chi connectivity index (χ3v) is 3.97. The van der Waals surface area contributed by atoms with Gasteiger partial charge in [0.25, 0.3) is 0 Å². The van der Waals surface area contributed by atoms with E-state index in [1.54, 1.807) is 7.11 Å². The SMILES string of the molecule is COc1ccc(/C(N)=N/O)c(N2CCCC2C(C)C)c1. The van der Waals surface area contributed by atoms with Crippen molar-refractivity contribution in [2.45, 2.75) is 32.7 Å². The lowest BCUT2D eigenvalue weighted by Gasteiger charge is -2.31. The standard InChI is InChI=1S/C15H23N3O2/c1-10(2)13-5-4-8-18(13)14-9-11(20-3)6-7-12(14)15(16)17-19/h6-7,9-10,13,19H,4-5,8H2,1-3H3,(H2,16,17). The first kappa shape index (κ1) is 14.5. The Hall–Kier alpha value is -1.91. The fourth-order valence-corrected chi connectivity index (χ4v) is 2.93. The quantitative estimate of drug-likeness (QED) is 0.384. The second-order valence-corrected chi connectivity index (χ2v) is 5.52. The predicted molar refractivity (Wildman–Crippen MR) is 80.7 cm³/mol. The van der Waals surface area contributed by atoms with Crippen molar-refractivity contribution in [1.82, 2.24) is 0 Å². The summed E-state index contributed by atoms with van der Waals surface area (Å²) in [7, 11) is 1.65. The topological polar surface area (TPSA) is 71.1 Å². The van der Waals surface area contributed by atoms with Crippen molar-refractivity contribution in [2.75, 3.05) is 18.6 Å². The predicted octanol–water partition coefficient (Wildman–Crippen LogP) is 2.41. The van der Waals surface area contributed by atoms with Gasteiger partial charge in [-0.2, -0.15) is 0 Å². The number of amidine groups is 1. The number of ether oxygens (including phenoxy) is 1. The van der Waals surface area contributed by atoms with Gasteiger partial charge in [-0.15, -0.1) is 0 Å². The van der Waals surface area contributed by atoms with E-state index in [9.17, 15) is 0 Å². The lowest BCUT2D eigenvalue weighted by molar-refractivity contribution is 0.318. The third-order valence-electron chi connectivity index (χ3n) is 3.97. The number of anilines is 1. The van der Waals surface area contributed by atoms with Gasteiger partial charge in [0.05, 0.1) is 12.8 Å². The van der Waals surface area contributed by atoms with Crippen LogP contribution in [0.5, 0.6) is 5.75 Å². The van der Waals surface area contributed by atoms with Gasteiger partial charge in [-0.3, -0.25) is 0 Å². The zero-order valence-electron chi connectivity index (χ0n) is 12.3. The smallest absolute Gasteiger partial charge is 0.172 e. The van der Waals surface area contributed by atoms with Crippen molar-refractivity contribution in [1.29, 1.82) is 0 Å². The van der Waals surface area contributed by atoms with Gasteiger partial charge >= 0.3 is 0 Å². The normalized spacial score (nSPS) is 19.7. The van der Waals surface area contributed by atoms with E-state index >= 15 is 0 Å². The number of oxime groups is 1. The number of benzene rings is 1. The van der Waals surface area contributed by atoms with Gasteiger partial charge in [-0.1, -0.05) is 19.0 Å². The number of methoxy groups -OCH3 is 1. The highest BCUT2D eigenvalue weighted by Gasteiger charge is 2.29. The zero-order valence-corrected chi connectivity index (χ0v) is 12.3. The molecule has 1 aromatic rings. The average molecular weight is 277 g/mol. The Kier molecular flexibility index (Phi) is 4.37. The van der Waals surface area contributed by atoms with Crippen LogP contribution in [0.25, 0.3) is 0 Å². The average Bonchev–Trinajstić information content (AvgIpc) is 2.95. The third kappa shape index (κ3) is 2.66. The lowest BCUT2D eigenvalue weighted by atomic mass is 10.0. The zero-order chi connectivity index (χ0) is 14.7. The molecule has 2 rings (SSSR count). The van der Waals surface area contributed by atoms with Crippen molar-refractivity contribution in [3.63, 3.8) is 0 Å². The van der Waals surface area contributed by atoms with Crippen LogP contribution < -0.4 is 15.4 Å². The van der Waals surface area contributed by atoms with Gasteiger partial charge in [0.1, 0.15) is 5.75 Å². The van der Waals surface area contributed by atoms with Crippen molar-refractivity contribution in [2.24, 2.45) is 16.8 Å². The van der Waals surface area contributed by atoms with Crippen LogP contribution in [0.15, 0.2) is 23.4 Å². The molecule has 1 aliphatic rings. The molecule has 110 valence electrons. The van der Waals surface area contributed by atoms with Crippen LogP contribution in [0.2, 0.25) is 0 Å². The highest BCUT2D eigenvalue weighted by atomic mass is 16.5. The summed E-state index contributed by atoms with van der Waals surface area (Å²) >= 11 is 0. The molecule has 1 heterocycles. The summed E-state index contributed by atoms with van der Waals surface area (Å²) in [5, 5.41) is 12.1. The van der Waals surface area contributed by atoms with Gasteiger partial charge in [0.2, 0.25) is 0 Å². The van der Waals surface area contributed by atoms with E-state index in [-0.39, 0.29) is 5.84 Å². The first-order chi connectivity index (χ1) is 9.58. The van der Waals surface area contributed by atoms with Crippen LogP contribution in [-0.4, -0.2) is 30.7 Å². The molecule has 3 N–H and O–H groups in total. The molecule has 0 amide bonds. The number of nitrogens with two attached hydrogens (primary N) is 1. The fourth-order valence-electron chi connectivity index (χ4n) is 2.93. The Morgan fingerprint density at radius 2 is 2.25 bits per heavy atom. The van der Waals surface area contributed by atoms with E-state index < -0.39 is 0 Å². The molecule has 20 heavy (non-hydrogen) atoms. The molecular formula is C15H23N3O2. The minimum absolute atomic E-state index is 0.136. The molecular weight excluding hydrogens is 254 g/mol. The minimum atomic E-state index is 0.136. The van der Waals surface area contributed by atoms with Gasteiger partial charge < -0.3 is 20.6 Å². The van der Waals surface area contributed by atoms with E-state index in [1.165, 1.54) is 6.42 Å². The maximum absolute atomic E-state index is 8.97. The molecule has 1 saturated heterocycles. The number of nitrogens with zero attached hydrogens (tertiary/aromatic N) is 2. The van der Waals surface area contributed by atoms with Crippen LogP contribution in [0.4, 0.5) is 5.69 Å². The molecule has 5 heteroatoms. The van der Waals surface area contributed by atoms with E-state index in [0.717, 1.165) is 30.0 Å². The van der Waals surface area contributed by atoms with Crippen LogP contribution in [0.1, 0.15) is 32.3 Å². The molecule has 5 nitrogen and oxygen atoms in total. The van der Waals surface area contributed by atoms with E-state index in [4.69, 9.17) is 15.7 Å². The second-order valence-electron chi connectivity index (χ2n) is 5.52. The highest BCUT2D eigenvalue weighted by molar-refractivity contribution is 6.02. The first-order valence-corrected chi connectivity index (χ1v) is 7.01. The van der Waals surface area contributed by atoms with E-state index in [2.05, 4.69) is 23.9 Å². The van der Waals surface area contributed by atoms with Crippen molar-refractivity contribution >= 4 is 11.5 Å². The van der Waals surface area contributed by atoms with Gasteiger partial charge in [-0.25, -0.2) is 0 Å². The second kappa shape index (κ2) is 6.03. The van der Waals surface area contributed by atoms with Crippen LogP contribution in [-0.2, 0) is 0 Å². The monoisotopic (exact) mass is 277 g/mol. The molecule has 0 aliphatic carbocycles. The molecule has 1 aromatic carbocycles. The van der Waals surface area contributed by atoms with Crippen molar-refractivity contribution < 1.29 is 9.94 Å². The molecule has 0 radical (unpaired) electrons. The summed E-state index contributed by atoms with van der Waals surface area (Å²) in [4.78, 5) is 2.35. The van der Waals surface area contributed by atoms with E-state index in [0.29, 0.717) is 12.0 Å². The summed E-state index contributed by atoms with van der Waals surface area (Å²) < 4.78 is 5.31. The Morgan fingerprint density at radius 1 is 1.50 bits per heavy atom. The molecule has 1 fully saturated rings. The molecule has 0 bridgehead atoms. The summed E-state index contributed by atoms with van der Waals surface area (Å²) in [6.07, 6.45) is 2.33. The van der Waals surface area contributed by atoms with Gasteiger partial charge in [0.15, 0.2) is 5.84 Å². The Bertz CT molecular complexity index is 500. The number of rotatable bonds is 4. The number of hydrogen-bond donors (Lipinski definition) is 2. The summed E-state index contributed by atoms with van der Waals surface area (Å²) in [5.74, 6) is 1.48. The first-order valence-electron chi connectivity index (χ1n) is 7.01. The Labute approximate surface area is 120 Å². The van der Waals surface area contributed by atoms with Gasteiger partial charge in [-0.05, 0) is 30.9 Å². The van der Waals surface area contributed by atoms with Crippen LogP contribution in [0, 0.1) is 5.92 Å². The summed E-state index contributed by atoms with van der Waals surface area (Å²) in [5.41, 5.74) is 7.54. The maximum atomic E-state index is 8.97. The summed E-state index contributed by atoms with van der Waals surface area (Å²) in [6, 6.07) is 6.12. The minimum Gasteiger partial charge on any atom is -0.497 e. The Balaban J connectivity index is 2.47. The van der Waals surface area contributed by atoms with Crippen molar-refractivity contribution in [3.8, 4) is 5.75 Å². The lowest BCUT2D eigenvalue weighted by Crippen LogP contribution is -2.35. The van der Waals surface area contributed by atoms with Crippen LogP contribution >= 0.6 is 0 Å². The van der Waals surface area contributed by atoms with E-state index in [1.807, 2.05) is 18.2 Å². The van der Waals surface area contributed by atoms with Gasteiger partial charge in [0, 0.05) is 24.2 Å². The number of hydrogen-bond acceptors (Lipinski definition) is 4. The highest BCUT2D eigenvalue weighted by Crippen LogP contribution is 2.34. The molecule has 0 aromatic heterocycles. The molecule has 1 atom stereocenters. The van der Waals surface area contributed by atoms with Crippen LogP contribution in [0.3, 0.4) is 0 Å². The molecule has 0 saturated carbocycles. The largest absolute Gasteiger partial charge is 0.497 e. The molecule has 1 aliphatic heterocycles. The van der Waals surface area contributed by atoms with Crippen molar-refractivity contribution in [3.05, 3.63) is 23.8 Å². The maximum Gasteiger partial charge on any atom is 0.172 e. The Morgan fingerprint density at radius 3 is 2.85 bits per heavy atom.